The molecule has 0 amide bonds. The smallest absolute Gasteiger partial charge is 0 e. The Kier molecular flexibility index (Phi) is 30.3. The van der Waals surface area contributed by atoms with Crippen molar-refractivity contribution >= 4 is 18.9 Å². The molecule has 2 heteroatoms. The summed E-state index contributed by atoms with van der Waals surface area (Å²) in [5.74, 6) is 0. The van der Waals surface area contributed by atoms with E-state index >= 15 is 0 Å². The van der Waals surface area contributed by atoms with Crippen LogP contribution in [0.2, 0.25) is 0 Å². The quantitative estimate of drug-likeness (QED) is 0.125. The summed E-state index contributed by atoms with van der Waals surface area (Å²) in [6, 6.07) is 0. The van der Waals surface area contributed by atoms with Gasteiger partial charge in [0.15, 0.2) is 0 Å². The fraction of sp³-hybridized carbons (Fsp3) is 1.00. The van der Waals surface area contributed by atoms with E-state index in [-0.39, 0.29) is 18.9 Å². The van der Waals surface area contributed by atoms with E-state index in [0.717, 1.165) is 0 Å². The average molecular weight is 389 g/mol. The van der Waals surface area contributed by atoms with Crippen molar-refractivity contribution in [3.63, 3.8) is 0 Å². The summed E-state index contributed by atoms with van der Waals surface area (Å²) < 4.78 is 0. The van der Waals surface area contributed by atoms with Crippen LogP contribution in [0.15, 0.2) is 0 Å². The van der Waals surface area contributed by atoms with Gasteiger partial charge in [-0.25, -0.2) is 0 Å². The topological polar surface area (TPSA) is 3.24 Å². The molecule has 0 rings (SSSR count). The maximum Gasteiger partial charge on any atom is 0 e. The first-order valence-corrected chi connectivity index (χ1v) is 13.1. The van der Waals surface area contributed by atoms with Crippen LogP contribution in [0.25, 0.3) is 0 Å². The van der Waals surface area contributed by atoms with Crippen molar-refractivity contribution in [1.29, 1.82) is 0 Å². The molecule has 0 N–H and O–H groups in total. The Morgan fingerprint density at radius 3 is 0.786 bits per heavy atom. The van der Waals surface area contributed by atoms with Crippen molar-refractivity contribution in [3.05, 3.63) is 0 Å². The van der Waals surface area contributed by atoms with Gasteiger partial charge in [0.25, 0.3) is 0 Å². The van der Waals surface area contributed by atoms with Gasteiger partial charge in [-0.1, -0.05) is 130 Å². The van der Waals surface area contributed by atoms with E-state index in [1.807, 2.05) is 0 Å². The van der Waals surface area contributed by atoms with Crippen LogP contribution in [0.3, 0.4) is 0 Å². The van der Waals surface area contributed by atoms with E-state index in [1.54, 1.807) is 0 Å². The van der Waals surface area contributed by atoms with Gasteiger partial charge in [0.2, 0.25) is 0 Å². The molecule has 0 aromatic rings. The Bertz CT molecular complexity index is 241. The van der Waals surface area contributed by atoms with Gasteiger partial charge in [-0.15, -0.1) is 0 Å². The van der Waals surface area contributed by atoms with Gasteiger partial charge in [0, 0.05) is 18.9 Å². The van der Waals surface area contributed by atoms with Crippen molar-refractivity contribution in [3.8, 4) is 0 Å². The Balaban J connectivity index is 0. The Labute approximate surface area is 192 Å². The fourth-order valence-electron chi connectivity index (χ4n) is 4.04. The molecule has 165 valence electrons. The molecule has 0 fully saturated rings. The molecule has 0 atom stereocenters. The summed E-state index contributed by atoms with van der Waals surface area (Å²) in [4.78, 5) is 2.80. The largest absolute Gasteiger partial charge is 0.303 e. The molecule has 0 aliphatic rings. The van der Waals surface area contributed by atoms with Crippen LogP contribution in [-0.4, -0.2) is 43.4 Å². The minimum absolute atomic E-state index is 0. The van der Waals surface area contributed by atoms with Crippen LogP contribution in [0, 0.1) is 0 Å². The van der Waals surface area contributed by atoms with Gasteiger partial charge in [0.05, 0.1) is 0 Å². The van der Waals surface area contributed by atoms with Crippen LogP contribution in [0.4, 0.5) is 0 Å². The summed E-state index contributed by atoms with van der Waals surface area (Å²) in [5, 5.41) is 0. The van der Waals surface area contributed by atoms with E-state index < -0.39 is 0 Å². The molecule has 1 radical (unpaired) electrons. The SMILES string of the molecule is CCCCCCCCCCN(CCCCCCCC)CCCCCCCC.[Li]. The molecule has 0 aliphatic carbocycles. The summed E-state index contributed by atoms with van der Waals surface area (Å²) in [7, 11) is 0. The van der Waals surface area contributed by atoms with E-state index in [1.165, 1.54) is 148 Å². The molecule has 0 bridgehead atoms. The van der Waals surface area contributed by atoms with Gasteiger partial charge in [-0.05, 0) is 38.9 Å². The second kappa shape index (κ2) is 27.6. The first-order valence-electron chi connectivity index (χ1n) is 13.1. The monoisotopic (exact) mass is 388 g/mol. The number of hydrogen-bond donors (Lipinski definition) is 0. The number of unbranched alkanes of at least 4 members (excludes halogenated alkanes) is 17. The van der Waals surface area contributed by atoms with Crippen LogP contribution in [-0.2, 0) is 0 Å². The second-order valence-electron chi connectivity index (χ2n) is 8.85. The molecule has 0 saturated heterocycles. The molecule has 0 aromatic heterocycles. The summed E-state index contributed by atoms with van der Waals surface area (Å²) in [6.45, 7) is 11.0. The average Bonchev–Trinajstić information content (AvgIpc) is 2.68. The fourth-order valence-corrected chi connectivity index (χ4v) is 4.04. The molecule has 0 aromatic carbocycles. The van der Waals surface area contributed by atoms with Gasteiger partial charge < -0.3 is 4.90 Å². The number of hydrogen-bond acceptors (Lipinski definition) is 1. The number of nitrogens with zero attached hydrogens (tertiary/aromatic N) is 1. The normalized spacial score (nSPS) is 11.1. The second-order valence-corrected chi connectivity index (χ2v) is 8.85. The Morgan fingerprint density at radius 2 is 0.536 bits per heavy atom. The molecule has 0 aliphatic heterocycles. The summed E-state index contributed by atoms with van der Waals surface area (Å²) in [6.07, 6.45) is 28.7. The van der Waals surface area contributed by atoms with Crippen LogP contribution < -0.4 is 0 Å². The van der Waals surface area contributed by atoms with Crippen molar-refractivity contribution in [1.82, 2.24) is 4.90 Å². The van der Waals surface area contributed by atoms with Gasteiger partial charge >= 0.3 is 0 Å². The molecule has 1 nitrogen and oxygen atoms in total. The van der Waals surface area contributed by atoms with Crippen LogP contribution in [0.1, 0.15) is 149 Å². The van der Waals surface area contributed by atoms with Gasteiger partial charge in [-0.3, -0.25) is 0 Å². The standard InChI is InChI=1S/C26H55N.Li/c1-4-7-10-13-16-17-20-23-26-27(24-21-18-14-11-8-5-2)25-22-19-15-12-9-6-3;/h4-26H2,1-3H3;. The van der Waals surface area contributed by atoms with E-state index in [4.69, 9.17) is 0 Å². The molecule has 0 saturated carbocycles. The molecular formula is C26H55LiN. The Hall–Kier alpha value is 0.557. The third-order valence-corrected chi connectivity index (χ3v) is 5.98. The molecule has 0 unspecified atom stereocenters. The molecule has 28 heavy (non-hydrogen) atoms. The Morgan fingerprint density at radius 1 is 0.321 bits per heavy atom. The van der Waals surface area contributed by atoms with Crippen LogP contribution in [0.5, 0.6) is 0 Å². The third-order valence-electron chi connectivity index (χ3n) is 5.98. The zero-order valence-corrected chi connectivity index (χ0v) is 20.7. The van der Waals surface area contributed by atoms with E-state index in [9.17, 15) is 0 Å². The molecule has 0 spiro atoms. The first kappa shape index (κ1) is 30.7. The van der Waals surface area contributed by atoms with Crippen molar-refractivity contribution in [2.24, 2.45) is 0 Å². The minimum Gasteiger partial charge on any atom is -0.303 e. The van der Waals surface area contributed by atoms with Crippen molar-refractivity contribution in [2.75, 3.05) is 19.6 Å². The van der Waals surface area contributed by atoms with E-state index in [0.29, 0.717) is 0 Å². The zero-order chi connectivity index (χ0) is 19.8. The van der Waals surface area contributed by atoms with E-state index in [2.05, 4.69) is 25.7 Å². The maximum absolute atomic E-state index is 2.80. The van der Waals surface area contributed by atoms with Gasteiger partial charge in [0.1, 0.15) is 0 Å². The zero-order valence-electron chi connectivity index (χ0n) is 20.7. The number of rotatable bonds is 23. The van der Waals surface area contributed by atoms with Crippen molar-refractivity contribution in [2.45, 2.75) is 149 Å². The third kappa shape index (κ3) is 24.6. The molecular weight excluding hydrogens is 333 g/mol. The van der Waals surface area contributed by atoms with Crippen LogP contribution >= 0.6 is 0 Å². The summed E-state index contributed by atoms with van der Waals surface area (Å²) >= 11 is 0. The summed E-state index contributed by atoms with van der Waals surface area (Å²) in [5.41, 5.74) is 0. The van der Waals surface area contributed by atoms with Crippen molar-refractivity contribution < 1.29 is 0 Å². The maximum atomic E-state index is 2.80. The predicted molar refractivity (Wildman–Crippen MR) is 132 cm³/mol. The predicted octanol–water partition coefficient (Wildman–Crippen LogP) is 8.77. The minimum atomic E-state index is 0. The molecule has 0 heterocycles. The first-order chi connectivity index (χ1) is 13.3. The van der Waals surface area contributed by atoms with Gasteiger partial charge in [-0.2, -0.15) is 0 Å².